The number of pyridine rings is 2. The summed E-state index contributed by atoms with van der Waals surface area (Å²) in [6, 6.07) is 14.2. The molecule has 4 N–H and O–H groups in total. The molecule has 79 heavy (non-hydrogen) atoms. The van der Waals surface area contributed by atoms with Crippen LogP contribution in [0.5, 0.6) is 12.0 Å². The zero-order valence-electron chi connectivity index (χ0n) is 41.8. The molecule has 5 aliphatic heterocycles. The average Bonchev–Trinajstić information content (AvgIpc) is 4.33. The lowest BCUT2D eigenvalue weighted by molar-refractivity contribution is -0.141. The number of fused-ring (bicyclic) bond motifs is 8. The van der Waals surface area contributed by atoms with Crippen LogP contribution in [0.15, 0.2) is 85.2 Å². The first kappa shape index (κ1) is 55.0. The molecule has 0 unspecified atom stereocenters. The van der Waals surface area contributed by atoms with E-state index in [1.807, 2.05) is 18.7 Å². The van der Waals surface area contributed by atoms with Crippen molar-refractivity contribution in [2.45, 2.75) is 69.1 Å². The molecule has 4 amide bonds. The van der Waals surface area contributed by atoms with Crippen molar-refractivity contribution in [3.05, 3.63) is 106 Å². The molecule has 4 aromatic heterocycles. The summed E-state index contributed by atoms with van der Waals surface area (Å²) in [5.41, 5.74) is 0.205. The molecule has 28 heteroatoms. The first-order valence-corrected chi connectivity index (χ1v) is 25.4. The molecule has 2 aromatic carbocycles. The number of halogens is 8. The molecular formula is C51H48Cl2F6N12O8. The third kappa shape index (κ3) is 12.1. The van der Waals surface area contributed by atoms with Crippen molar-refractivity contribution in [2.24, 2.45) is 0 Å². The van der Waals surface area contributed by atoms with Gasteiger partial charge in [-0.2, -0.15) is 36.3 Å². The minimum absolute atomic E-state index is 0.0546. The Balaban J connectivity index is 0.000000179. The molecule has 0 aliphatic carbocycles. The predicted octanol–water partition coefficient (Wildman–Crippen LogP) is 8.95. The monoisotopic (exact) mass is 1140 g/mol. The number of anilines is 6. The van der Waals surface area contributed by atoms with Crippen LogP contribution in [0.3, 0.4) is 0 Å². The van der Waals surface area contributed by atoms with Crippen molar-refractivity contribution in [3.63, 3.8) is 0 Å². The maximum absolute atomic E-state index is 13.6. The number of carbonyl (C=O) groups excluding carboxylic acids is 2. The van der Waals surface area contributed by atoms with Crippen molar-refractivity contribution in [1.29, 1.82) is 0 Å². The fraction of sp³-hybridized carbons (Fsp3) is 0.373. The van der Waals surface area contributed by atoms with Gasteiger partial charge in [-0.1, -0.05) is 47.5 Å². The summed E-state index contributed by atoms with van der Waals surface area (Å²) in [6.07, 6.45) is -6.32. The second kappa shape index (κ2) is 22.1. The van der Waals surface area contributed by atoms with E-state index in [1.54, 1.807) is 12.1 Å². The Morgan fingerprint density at radius 3 is 1.66 bits per heavy atom. The number of ether oxygens (including phenoxy) is 4. The lowest BCUT2D eigenvalue weighted by atomic mass is 10.1. The van der Waals surface area contributed by atoms with E-state index in [9.17, 15) is 41.0 Å². The number of nitrogens with zero attached hydrogens (tertiary/aromatic N) is 10. The Morgan fingerprint density at radius 2 is 1.22 bits per heavy atom. The number of carbonyl (C=O) groups is 2. The van der Waals surface area contributed by atoms with Crippen LogP contribution in [-0.2, 0) is 21.8 Å². The number of alkyl halides is 6. The molecule has 11 rings (SSSR count). The number of aliphatic hydroxyl groups excluding tert-OH is 2. The minimum Gasteiger partial charge on any atom is -0.461 e. The van der Waals surface area contributed by atoms with E-state index < -0.39 is 54.0 Å². The van der Waals surface area contributed by atoms with Gasteiger partial charge in [0.25, 0.3) is 0 Å². The van der Waals surface area contributed by atoms with Gasteiger partial charge in [-0.3, -0.25) is 20.4 Å². The van der Waals surface area contributed by atoms with Crippen LogP contribution in [0.1, 0.15) is 37.8 Å². The van der Waals surface area contributed by atoms with Crippen molar-refractivity contribution in [3.8, 4) is 34.5 Å². The molecule has 0 spiro atoms. The molecule has 5 aliphatic rings. The Bertz CT molecular complexity index is 3280. The lowest BCUT2D eigenvalue weighted by Crippen LogP contribution is -2.48. The highest BCUT2D eigenvalue weighted by Crippen LogP contribution is 2.46. The molecule has 9 heterocycles. The van der Waals surface area contributed by atoms with Gasteiger partial charge in [-0.15, -0.1) is 0 Å². The molecule has 0 radical (unpaired) electrons. The van der Waals surface area contributed by atoms with E-state index in [4.69, 9.17) is 47.3 Å². The smallest absolute Gasteiger partial charge is 0.416 e. The number of hydrogen-bond acceptors (Lipinski definition) is 16. The normalized spacial score (nSPS) is 19.3. The van der Waals surface area contributed by atoms with E-state index >= 15 is 0 Å². The van der Waals surface area contributed by atoms with Crippen LogP contribution in [0, 0.1) is 0 Å². The molecule has 3 fully saturated rings. The van der Waals surface area contributed by atoms with Crippen molar-refractivity contribution in [1.82, 2.24) is 29.9 Å². The van der Waals surface area contributed by atoms with E-state index in [0.29, 0.717) is 62.8 Å². The van der Waals surface area contributed by atoms with E-state index in [0.717, 1.165) is 24.3 Å². The molecule has 0 saturated carbocycles. The van der Waals surface area contributed by atoms with E-state index in [1.165, 1.54) is 58.6 Å². The van der Waals surface area contributed by atoms with Crippen molar-refractivity contribution < 1.29 is 65.1 Å². The molecular weight excluding hydrogens is 1090 g/mol. The standard InChI is InChI=1S/C27H26ClF3N6O4.C24H22ClF3N6O4/c1-26(2)40-14-18(41-26)13-39-24-32-8-6-21(33-24)34-25(38)37-17-7-9-36(12-17)20-11-19(28)22(35-23(20)37)15-4-3-5-16(10-15)27(29,30)31;25-17-9-18-21(32-20(17)13-2-1-3-14(8-13)24(26,27)28)34(15-5-7-33(18)10-15)23(37)31-19-4-6-29-22(30-19)38-12-16(36)11-35/h3-6,8,10-11,17-18H,7,9,12-14H2,1-2H3,(H,32,33,34,38);1-4,6,8-9,15-16,35-36H,5,7,10-12H2,(H,29,30,31,37)/t17-,18+;15-,16-/m00/s1. The number of benzene rings is 2. The summed E-state index contributed by atoms with van der Waals surface area (Å²) in [4.78, 5) is 59.8. The van der Waals surface area contributed by atoms with Gasteiger partial charge < -0.3 is 39.0 Å². The highest BCUT2D eigenvalue weighted by atomic mass is 35.5. The zero-order chi connectivity index (χ0) is 56.0. The number of amides is 4. The average molecular weight is 1140 g/mol. The zero-order valence-corrected chi connectivity index (χ0v) is 43.3. The summed E-state index contributed by atoms with van der Waals surface area (Å²) < 4.78 is 102. The molecule has 6 aromatic rings. The van der Waals surface area contributed by atoms with Gasteiger partial charge in [0.05, 0.1) is 69.2 Å². The number of hydrogen-bond donors (Lipinski definition) is 4. The minimum atomic E-state index is -4.54. The lowest BCUT2D eigenvalue weighted by Gasteiger charge is -2.36. The number of aliphatic hydroxyl groups is 2. The fourth-order valence-corrected chi connectivity index (χ4v) is 10.1. The fourth-order valence-electron chi connectivity index (χ4n) is 9.60. The van der Waals surface area contributed by atoms with Gasteiger partial charge >= 0.3 is 36.4 Å². The van der Waals surface area contributed by atoms with Crippen LogP contribution in [0.2, 0.25) is 10.0 Å². The molecule has 20 nitrogen and oxygen atoms in total. The Kier molecular flexibility index (Phi) is 15.3. The third-order valence-corrected chi connectivity index (χ3v) is 13.8. The van der Waals surface area contributed by atoms with E-state index in [-0.39, 0.29) is 93.4 Å². The molecule has 4 atom stereocenters. The predicted molar refractivity (Wildman–Crippen MR) is 277 cm³/mol. The number of urea groups is 2. The summed E-state index contributed by atoms with van der Waals surface area (Å²) >= 11 is 13.0. The van der Waals surface area contributed by atoms with Gasteiger partial charge in [-0.05, 0) is 75.2 Å². The van der Waals surface area contributed by atoms with Gasteiger partial charge in [0, 0.05) is 49.7 Å². The Hall–Kier alpha value is -7.36. The maximum atomic E-state index is 13.6. The van der Waals surface area contributed by atoms with Crippen molar-refractivity contribution in [2.75, 3.05) is 82.8 Å². The first-order valence-electron chi connectivity index (χ1n) is 24.6. The Morgan fingerprint density at radius 1 is 0.734 bits per heavy atom. The second-order valence-corrected chi connectivity index (χ2v) is 20.0. The first-order chi connectivity index (χ1) is 37.6. The molecule has 416 valence electrons. The summed E-state index contributed by atoms with van der Waals surface area (Å²) in [7, 11) is 0. The van der Waals surface area contributed by atoms with Crippen LogP contribution in [0.25, 0.3) is 22.5 Å². The van der Waals surface area contributed by atoms with Gasteiger partial charge in [0.15, 0.2) is 17.4 Å². The van der Waals surface area contributed by atoms with E-state index in [2.05, 4.69) is 45.4 Å². The quantitative estimate of drug-likeness (QED) is 0.0888. The highest BCUT2D eigenvalue weighted by molar-refractivity contribution is 6.34. The van der Waals surface area contributed by atoms with Crippen LogP contribution in [0.4, 0.5) is 70.6 Å². The second-order valence-electron chi connectivity index (χ2n) is 19.2. The van der Waals surface area contributed by atoms with Crippen molar-refractivity contribution >= 4 is 69.9 Å². The number of nitrogens with one attached hydrogen (secondary N) is 2. The number of rotatable bonds is 11. The van der Waals surface area contributed by atoms with Gasteiger partial charge in [0.1, 0.15) is 37.1 Å². The van der Waals surface area contributed by atoms with Crippen LogP contribution >= 0.6 is 23.2 Å². The molecule has 3 saturated heterocycles. The SMILES string of the molecule is CC1(C)OC[C@@H](COc2nccc(NC(=O)N3c4nc(-c5cccc(C(F)(F)F)c5)c(Cl)cc4N4CC[C@H]3C4)n2)O1.O=C(Nc1ccnc(OC[C@@H](O)CO)n1)N1c2nc(-c3cccc(C(F)(F)F)c3)c(Cl)cc2N2CC[C@H]1C2. The van der Waals surface area contributed by atoms with Crippen LogP contribution < -0.4 is 39.7 Å². The maximum Gasteiger partial charge on any atom is 0.416 e. The molecule has 4 bridgehead atoms. The summed E-state index contributed by atoms with van der Waals surface area (Å²) in [6.45, 7) is 5.87. The van der Waals surface area contributed by atoms with Gasteiger partial charge in [0.2, 0.25) is 0 Å². The summed E-state index contributed by atoms with van der Waals surface area (Å²) in [5.74, 6) is 0.208. The topological polar surface area (TPSA) is 226 Å². The third-order valence-electron chi connectivity index (χ3n) is 13.3. The highest BCUT2D eigenvalue weighted by Gasteiger charge is 2.43. The van der Waals surface area contributed by atoms with Gasteiger partial charge in [-0.25, -0.2) is 29.5 Å². The summed E-state index contributed by atoms with van der Waals surface area (Å²) in [5, 5.41) is 24.2. The number of aromatic nitrogens is 6. The largest absolute Gasteiger partial charge is 0.461 e. The Labute approximate surface area is 456 Å². The van der Waals surface area contributed by atoms with Crippen LogP contribution in [-0.4, -0.2) is 135 Å².